The monoisotopic (exact) mass is 314 g/mol. The molecule has 2 rings (SSSR count). The van der Waals surface area contributed by atoms with Gasteiger partial charge in [0.2, 0.25) is 0 Å². The van der Waals surface area contributed by atoms with Crippen molar-refractivity contribution in [1.29, 1.82) is 0 Å². The fraction of sp³-hybridized carbons (Fsp3) is 0.429. The van der Waals surface area contributed by atoms with Gasteiger partial charge in [0.1, 0.15) is 5.00 Å². The Kier molecular flexibility index (Phi) is 5.37. The Balaban J connectivity index is 2.32. The summed E-state index contributed by atoms with van der Waals surface area (Å²) in [5.41, 5.74) is 7.09. The van der Waals surface area contributed by atoms with Gasteiger partial charge in [-0.05, 0) is 29.2 Å². The molecule has 0 bridgehead atoms. The molecule has 0 saturated carbocycles. The second-order valence-corrected chi connectivity index (χ2v) is 6.18. The Morgan fingerprint density at radius 2 is 2.05 bits per heavy atom. The molecule has 0 fully saturated rings. The third-order valence-electron chi connectivity index (χ3n) is 3.28. The number of aliphatic hydroxyl groups is 2. The standard InChI is InChI=1S/C14H19ClN2O2S/c15-14(17(5-7-18)6-8-19)4-3-12(16)11(10-14)13-2-1-9-20-13/h1-4,9-10,12,18-19H,5-8,16H2. The van der Waals surface area contributed by atoms with Gasteiger partial charge in [0.25, 0.3) is 0 Å². The van der Waals surface area contributed by atoms with Crippen molar-refractivity contribution in [2.24, 2.45) is 5.73 Å². The van der Waals surface area contributed by atoms with Gasteiger partial charge in [-0.25, -0.2) is 0 Å². The zero-order valence-electron chi connectivity index (χ0n) is 11.1. The molecular weight excluding hydrogens is 296 g/mol. The first-order valence-corrected chi connectivity index (χ1v) is 7.73. The van der Waals surface area contributed by atoms with E-state index in [4.69, 9.17) is 27.5 Å². The zero-order chi connectivity index (χ0) is 14.6. The predicted octanol–water partition coefficient (Wildman–Crippen LogP) is 1.25. The van der Waals surface area contributed by atoms with Crippen molar-refractivity contribution in [1.82, 2.24) is 4.90 Å². The molecule has 2 unspecified atom stereocenters. The van der Waals surface area contributed by atoms with Gasteiger partial charge in [0, 0.05) is 24.0 Å². The maximum Gasteiger partial charge on any atom is 0.134 e. The molecule has 0 radical (unpaired) electrons. The SMILES string of the molecule is NC1C=CC(Cl)(N(CCO)CCO)C=C1c1cccs1. The van der Waals surface area contributed by atoms with E-state index < -0.39 is 5.00 Å². The van der Waals surface area contributed by atoms with Crippen molar-refractivity contribution < 1.29 is 10.2 Å². The second-order valence-electron chi connectivity index (χ2n) is 4.62. The summed E-state index contributed by atoms with van der Waals surface area (Å²) in [6.07, 6.45) is 5.60. The molecule has 1 aliphatic carbocycles. The van der Waals surface area contributed by atoms with Gasteiger partial charge < -0.3 is 15.9 Å². The molecule has 0 saturated heterocycles. The van der Waals surface area contributed by atoms with Gasteiger partial charge in [0.05, 0.1) is 13.2 Å². The Morgan fingerprint density at radius 1 is 1.35 bits per heavy atom. The molecule has 1 aromatic heterocycles. The smallest absolute Gasteiger partial charge is 0.134 e. The summed E-state index contributed by atoms with van der Waals surface area (Å²) >= 11 is 8.28. The average Bonchev–Trinajstić information content (AvgIpc) is 2.95. The van der Waals surface area contributed by atoms with Crippen LogP contribution < -0.4 is 5.73 Å². The highest BCUT2D eigenvalue weighted by atomic mass is 35.5. The summed E-state index contributed by atoms with van der Waals surface area (Å²) in [6, 6.07) is 3.79. The number of nitrogens with two attached hydrogens (primary N) is 1. The van der Waals surface area contributed by atoms with Crippen LogP contribution >= 0.6 is 22.9 Å². The Labute approximate surface area is 127 Å². The summed E-state index contributed by atoms with van der Waals surface area (Å²) in [7, 11) is 0. The van der Waals surface area contributed by atoms with Crippen LogP contribution in [0, 0.1) is 0 Å². The molecule has 1 aromatic rings. The summed E-state index contributed by atoms with van der Waals surface area (Å²) in [4.78, 5) is 2.05. The molecule has 20 heavy (non-hydrogen) atoms. The normalized spacial score (nSPS) is 26.1. The van der Waals surface area contributed by atoms with E-state index in [2.05, 4.69) is 0 Å². The maximum atomic E-state index is 9.16. The Bertz CT molecular complexity index is 483. The molecule has 110 valence electrons. The number of halogens is 1. The lowest BCUT2D eigenvalue weighted by molar-refractivity contribution is 0.139. The largest absolute Gasteiger partial charge is 0.395 e. The van der Waals surface area contributed by atoms with Gasteiger partial charge in [-0.3, -0.25) is 4.90 Å². The predicted molar refractivity (Wildman–Crippen MR) is 83.7 cm³/mol. The van der Waals surface area contributed by atoms with E-state index >= 15 is 0 Å². The summed E-state index contributed by atoms with van der Waals surface area (Å²) < 4.78 is 0. The minimum atomic E-state index is -0.860. The topological polar surface area (TPSA) is 69.7 Å². The van der Waals surface area contributed by atoms with Crippen LogP contribution in [0.15, 0.2) is 35.7 Å². The number of hydrogen-bond acceptors (Lipinski definition) is 5. The van der Waals surface area contributed by atoms with Crippen LogP contribution in [0.25, 0.3) is 5.57 Å². The van der Waals surface area contributed by atoms with Gasteiger partial charge in [-0.2, -0.15) is 0 Å². The van der Waals surface area contributed by atoms with Crippen molar-refractivity contribution in [3.63, 3.8) is 0 Å². The number of nitrogens with zero attached hydrogens (tertiary/aromatic N) is 1. The van der Waals surface area contributed by atoms with Crippen LogP contribution in [0.5, 0.6) is 0 Å². The lowest BCUT2D eigenvalue weighted by Crippen LogP contribution is -2.46. The highest BCUT2D eigenvalue weighted by molar-refractivity contribution is 7.11. The maximum absolute atomic E-state index is 9.16. The molecule has 4 N–H and O–H groups in total. The molecule has 0 aliphatic heterocycles. The first-order chi connectivity index (χ1) is 9.60. The fourth-order valence-electron chi connectivity index (χ4n) is 2.28. The van der Waals surface area contributed by atoms with Crippen molar-refractivity contribution in [3.05, 3.63) is 40.6 Å². The number of aliphatic hydroxyl groups excluding tert-OH is 2. The highest BCUT2D eigenvalue weighted by Crippen LogP contribution is 2.35. The molecule has 1 aliphatic rings. The van der Waals surface area contributed by atoms with Crippen molar-refractivity contribution >= 4 is 28.5 Å². The molecular formula is C14H19ClN2O2S. The molecule has 4 nitrogen and oxygen atoms in total. The van der Waals surface area contributed by atoms with Gasteiger partial charge in [-0.15, -0.1) is 11.3 Å². The summed E-state index contributed by atoms with van der Waals surface area (Å²) in [5, 5.41) is 20.3. The molecule has 6 heteroatoms. The van der Waals surface area contributed by atoms with Crippen molar-refractivity contribution in [3.8, 4) is 0 Å². The molecule has 2 atom stereocenters. The first-order valence-electron chi connectivity index (χ1n) is 6.48. The van der Waals surface area contributed by atoms with Gasteiger partial charge in [-0.1, -0.05) is 23.7 Å². The number of rotatable bonds is 6. The quantitative estimate of drug-likeness (QED) is 0.420. The summed E-state index contributed by atoms with van der Waals surface area (Å²) in [6.45, 7) is 0.739. The van der Waals surface area contributed by atoms with E-state index in [0.29, 0.717) is 13.1 Å². The van der Waals surface area contributed by atoms with E-state index in [9.17, 15) is 0 Å². The minimum absolute atomic E-state index is 0.0173. The molecule has 0 amide bonds. The summed E-state index contributed by atoms with van der Waals surface area (Å²) in [5.74, 6) is 0. The minimum Gasteiger partial charge on any atom is -0.395 e. The van der Waals surface area contributed by atoms with Crippen LogP contribution in [0.1, 0.15) is 4.88 Å². The van der Waals surface area contributed by atoms with E-state index in [-0.39, 0.29) is 19.3 Å². The van der Waals surface area contributed by atoms with E-state index in [0.717, 1.165) is 10.5 Å². The first kappa shape index (κ1) is 15.7. The van der Waals surface area contributed by atoms with Crippen LogP contribution in [-0.2, 0) is 0 Å². The lowest BCUT2D eigenvalue weighted by Gasteiger charge is -2.37. The van der Waals surface area contributed by atoms with Crippen molar-refractivity contribution in [2.45, 2.75) is 11.0 Å². The third kappa shape index (κ3) is 3.31. The van der Waals surface area contributed by atoms with E-state index in [1.807, 2.05) is 40.6 Å². The van der Waals surface area contributed by atoms with Crippen LogP contribution in [-0.4, -0.2) is 52.5 Å². The van der Waals surface area contributed by atoms with E-state index in [1.165, 1.54) is 0 Å². The number of alkyl halides is 1. The van der Waals surface area contributed by atoms with Crippen LogP contribution in [0.3, 0.4) is 0 Å². The van der Waals surface area contributed by atoms with Crippen LogP contribution in [0.4, 0.5) is 0 Å². The Morgan fingerprint density at radius 3 is 2.60 bits per heavy atom. The second kappa shape index (κ2) is 6.85. The zero-order valence-corrected chi connectivity index (χ0v) is 12.6. The number of thiophene rings is 1. The van der Waals surface area contributed by atoms with Crippen LogP contribution in [0.2, 0.25) is 0 Å². The average molecular weight is 315 g/mol. The number of hydrogen-bond donors (Lipinski definition) is 3. The lowest BCUT2D eigenvalue weighted by atomic mass is 9.95. The highest BCUT2D eigenvalue weighted by Gasteiger charge is 2.33. The van der Waals surface area contributed by atoms with E-state index in [1.54, 1.807) is 11.3 Å². The van der Waals surface area contributed by atoms with Crippen molar-refractivity contribution in [2.75, 3.05) is 26.3 Å². The fourth-order valence-corrected chi connectivity index (χ4v) is 3.43. The van der Waals surface area contributed by atoms with Gasteiger partial charge in [0.15, 0.2) is 0 Å². The molecule has 1 heterocycles. The third-order valence-corrected chi connectivity index (χ3v) is 4.68. The van der Waals surface area contributed by atoms with Gasteiger partial charge >= 0.3 is 0 Å². The molecule has 0 aromatic carbocycles. The molecule has 0 spiro atoms. The Hall–Kier alpha value is -0.690.